The van der Waals surface area contributed by atoms with Crippen molar-refractivity contribution >= 4 is 17.7 Å². The van der Waals surface area contributed by atoms with Crippen molar-refractivity contribution in [1.82, 2.24) is 0 Å². The molecule has 0 heterocycles. The number of hydrogen-bond acceptors (Lipinski definition) is 4. The van der Waals surface area contributed by atoms with Crippen LogP contribution in [-0.2, 0) is 9.53 Å². The third-order valence-corrected chi connectivity index (χ3v) is 1.49. The summed E-state index contributed by atoms with van der Waals surface area (Å²) in [6.07, 6.45) is 1.83. The molecule has 60 valence electrons. The van der Waals surface area contributed by atoms with Gasteiger partial charge in [0.05, 0.1) is 6.61 Å². The number of carbonyl (C=O) groups excluding carboxylic acids is 1. The van der Waals surface area contributed by atoms with Gasteiger partial charge in [0.2, 0.25) is 0 Å². The third kappa shape index (κ3) is 6.94. The van der Waals surface area contributed by atoms with E-state index in [2.05, 4.69) is 11.3 Å². The van der Waals surface area contributed by atoms with Crippen molar-refractivity contribution in [3.05, 3.63) is 12.7 Å². The molecule has 0 aromatic carbocycles. The molecule has 0 fully saturated rings. The van der Waals surface area contributed by atoms with Gasteiger partial charge in [0.15, 0.2) is 0 Å². The van der Waals surface area contributed by atoms with Crippen molar-refractivity contribution in [1.29, 1.82) is 5.26 Å². The molecule has 0 radical (unpaired) electrons. The van der Waals surface area contributed by atoms with Gasteiger partial charge in [-0.25, -0.2) is 4.79 Å². The quantitative estimate of drug-likeness (QED) is 0.271. The molecule has 11 heavy (non-hydrogen) atoms. The molecule has 0 spiro atoms. The van der Waals surface area contributed by atoms with Crippen LogP contribution in [0.2, 0.25) is 0 Å². The molecule has 0 atom stereocenters. The van der Waals surface area contributed by atoms with Crippen LogP contribution in [0.4, 0.5) is 0 Å². The van der Waals surface area contributed by atoms with Crippen LogP contribution in [0.15, 0.2) is 12.7 Å². The fraction of sp³-hybridized carbons (Fsp3) is 0.429. The highest BCUT2D eigenvalue weighted by atomic mass is 32.2. The smallest absolute Gasteiger partial charge is 0.330 e. The van der Waals surface area contributed by atoms with Crippen LogP contribution in [0.5, 0.6) is 0 Å². The Morgan fingerprint density at radius 3 is 3.09 bits per heavy atom. The predicted octanol–water partition coefficient (Wildman–Crippen LogP) is 1.32. The van der Waals surface area contributed by atoms with E-state index in [1.807, 2.05) is 5.40 Å². The Labute approximate surface area is 70.0 Å². The molecular weight excluding hydrogens is 162 g/mol. The molecule has 0 bridgehead atoms. The summed E-state index contributed by atoms with van der Waals surface area (Å²) in [6, 6.07) is 0. The molecule has 0 unspecified atom stereocenters. The number of ether oxygens (including phenoxy) is 1. The lowest BCUT2D eigenvalue weighted by Crippen LogP contribution is -2.02. The summed E-state index contributed by atoms with van der Waals surface area (Å²) in [5.41, 5.74) is 0. The molecule has 0 N–H and O–H groups in total. The molecule has 0 aliphatic carbocycles. The maximum absolute atomic E-state index is 10.4. The zero-order valence-corrected chi connectivity index (χ0v) is 6.89. The Balaban J connectivity index is 3.09. The van der Waals surface area contributed by atoms with Crippen molar-refractivity contribution in [3.63, 3.8) is 0 Å². The number of esters is 1. The summed E-state index contributed by atoms with van der Waals surface area (Å²) in [5.74, 6) is 0.285. The highest BCUT2D eigenvalue weighted by Crippen LogP contribution is 1.98. The number of hydrogen-bond donors (Lipinski definition) is 0. The molecule has 0 amide bonds. The Bertz CT molecular complexity index is 174. The van der Waals surface area contributed by atoms with Gasteiger partial charge < -0.3 is 4.74 Å². The normalized spacial score (nSPS) is 8.27. The van der Waals surface area contributed by atoms with E-state index in [4.69, 9.17) is 5.26 Å². The van der Waals surface area contributed by atoms with Crippen LogP contribution in [0.25, 0.3) is 0 Å². The number of carbonyl (C=O) groups is 1. The molecule has 0 aliphatic heterocycles. The van der Waals surface area contributed by atoms with E-state index in [0.717, 1.165) is 17.8 Å². The molecule has 0 saturated carbocycles. The highest BCUT2D eigenvalue weighted by Gasteiger charge is 1.93. The summed E-state index contributed by atoms with van der Waals surface area (Å²) >= 11 is 1.16. The molecule has 0 aromatic heterocycles. The predicted molar refractivity (Wildman–Crippen MR) is 43.8 cm³/mol. The van der Waals surface area contributed by atoms with Crippen LogP contribution in [0.1, 0.15) is 6.42 Å². The second-order valence-electron chi connectivity index (χ2n) is 1.66. The van der Waals surface area contributed by atoms with Gasteiger partial charge in [0.1, 0.15) is 5.40 Å². The zero-order valence-electron chi connectivity index (χ0n) is 6.08. The minimum atomic E-state index is -0.410. The topological polar surface area (TPSA) is 50.1 Å². The first-order valence-corrected chi connectivity index (χ1v) is 4.10. The van der Waals surface area contributed by atoms with E-state index in [1.165, 1.54) is 0 Å². The van der Waals surface area contributed by atoms with Gasteiger partial charge in [0.25, 0.3) is 0 Å². The van der Waals surface area contributed by atoms with Crippen molar-refractivity contribution in [2.24, 2.45) is 0 Å². The van der Waals surface area contributed by atoms with Crippen molar-refractivity contribution in [2.45, 2.75) is 6.42 Å². The zero-order chi connectivity index (χ0) is 8.53. The molecule has 4 heteroatoms. The van der Waals surface area contributed by atoms with Gasteiger partial charge in [-0.2, -0.15) is 5.26 Å². The number of thiocyanates is 1. The number of nitrogens with zero attached hydrogens (tertiary/aromatic N) is 1. The van der Waals surface area contributed by atoms with Gasteiger partial charge in [-0.05, 0) is 18.2 Å². The molecule has 0 saturated heterocycles. The standard InChI is InChI=1S/C7H9NO2S/c1-2-7(9)10-4-3-5-11-6-8/h2H,1,3-5H2. The number of rotatable bonds is 5. The summed E-state index contributed by atoms with van der Waals surface area (Å²) in [5, 5.41) is 10.0. The second-order valence-corrected chi connectivity index (χ2v) is 2.54. The Morgan fingerprint density at radius 2 is 2.55 bits per heavy atom. The summed E-state index contributed by atoms with van der Waals surface area (Å²) < 4.78 is 4.66. The van der Waals surface area contributed by atoms with Gasteiger partial charge in [-0.15, -0.1) is 0 Å². The van der Waals surface area contributed by atoms with Gasteiger partial charge in [-0.1, -0.05) is 6.58 Å². The Hall–Kier alpha value is -0.950. The van der Waals surface area contributed by atoms with E-state index < -0.39 is 5.97 Å². The maximum Gasteiger partial charge on any atom is 0.330 e. The van der Waals surface area contributed by atoms with E-state index in [0.29, 0.717) is 18.8 Å². The average Bonchev–Trinajstić information content (AvgIpc) is 2.04. The van der Waals surface area contributed by atoms with Gasteiger partial charge in [0, 0.05) is 11.8 Å². The Kier molecular flexibility index (Phi) is 6.54. The maximum atomic E-state index is 10.4. The minimum absolute atomic E-state index is 0.361. The fourth-order valence-electron chi connectivity index (χ4n) is 0.408. The SMILES string of the molecule is C=CC(=O)OCCCSC#N. The Morgan fingerprint density at radius 1 is 1.82 bits per heavy atom. The lowest BCUT2D eigenvalue weighted by Gasteiger charge is -1.97. The third-order valence-electron chi connectivity index (χ3n) is 0.866. The summed E-state index contributed by atoms with van der Waals surface area (Å²) in [6.45, 7) is 3.60. The first-order chi connectivity index (χ1) is 5.31. The van der Waals surface area contributed by atoms with Crippen LogP contribution in [0.3, 0.4) is 0 Å². The van der Waals surface area contributed by atoms with Crippen molar-refractivity contribution < 1.29 is 9.53 Å². The van der Waals surface area contributed by atoms with Crippen molar-refractivity contribution in [3.8, 4) is 5.40 Å². The average molecular weight is 171 g/mol. The summed E-state index contributed by atoms with van der Waals surface area (Å²) in [7, 11) is 0. The van der Waals surface area contributed by atoms with Crippen molar-refractivity contribution in [2.75, 3.05) is 12.4 Å². The first-order valence-electron chi connectivity index (χ1n) is 3.11. The highest BCUT2D eigenvalue weighted by molar-refractivity contribution is 8.03. The van der Waals surface area contributed by atoms with Crippen LogP contribution < -0.4 is 0 Å². The lowest BCUT2D eigenvalue weighted by molar-refractivity contribution is -0.137. The second kappa shape index (κ2) is 7.16. The molecule has 0 aliphatic rings. The van der Waals surface area contributed by atoms with E-state index in [1.54, 1.807) is 0 Å². The summed E-state index contributed by atoms with van der Waals surface area (Å²) in [4.78, 5) is 10.4. The first kappa shape index (κ1) is 10.0. The molecule has 0 aromatic rings. The van der Waals surface area contributed by atoms with Gasteiger partial charge in [-0.3, -0.25) is 0 Å². The largest absolute Gasteiger partial charge is 0.463 e. The van der Waals surface area contributed by atoms with Gasteiger partial charge >= 0.3 is 5.97 Å². The minimum Gasteiger partial charge on any atom is -0.463 e. The number of nitriles is 1. The van der Waals surface area contributed by atoms with Crippen LogP contribution in [0, 0.1) is 10.7 Å². The molecule has 3 nitrogen and oxygen atoms in total. The van der Waals surface area contributed by atoms with E-state index >= 15 is 0 Å². The van der Waals surface area contributed by atoms with E-state index in [9.17, 15) is 4.79 Å². The molecule has 0 rings (SSSR count). The monoisotopic (exact) mass is 171 g/mol. The lowest BCUT2D eigenvalue weighted by atomic mass is 10.5. The van der Waals surface area contributed by atoms with Crippen LogP contribution in [-0.4, -0.2) is 18.3 Å². The van der Waals surface area contributed by atoms with E-state index in [-0.39, 0.29) is 0 Å². The molecular formula is C7H9NO2S. The fourth-order valence-corrected chi connectivity index (χ4v) is 0.762. The number of thioether (sulfide) groups is 1. The van der Waals surface area contributed by atoms with Crippen LogP contribution >= 0.6 is 11.8 Å².